The van der Waals surface area contributed by atoms with Crippen molar-refractivity contribution in [3.05, 3.63) is 54.1 Å². The molecule has 0 saturated heterocycles. The lowest BCUT2D eigenvalue weighted by molar-refractivity contribution is -0.153. The molecule has 1 amide bonds. The van der Waals surface area contributed by atoms with E-state index in [0.717, 1.165) is 0 Å². The average molecular weight is 397 g/mol. The lowest BCUT2D eigenvalue weighted by Gasteiger charge is -2.21. The molecule has 1 atom stereocenters. The highest BCUT2D eigenvalue weighted by Gasteiger charge is 2.23. The van der Waals surface area contributed by atoms with Crippen LogP contribution in [-0.4, -0.2) is 44.0 Å². The predicted octanol–water partition coefficient (Wildman–Crippen LogP) is 3.02. The molecule has 2 aromatic carbocycles. The van der Waals surface area contributed by atoms with Gasteiger partial charge in [-0.05, 0) is 37.3 Å². The van der Waals surface area contributed by atoms with Crippen molar-refractivity contribution < 1.29 is 28.6 Å². The number of hydrogen-bond acceptors (Lipinski definition) is 6. The van der Waals surface area contributed by atoms with Crippen molar-refractivity contribution in [1.29, 1.82) is 0 Å². The molecule has 3 rings (SSSR count). The standard InChI is InChI=1S/C22H23NO6/c1-15(22(26)23(2)17-6-4-3-5-7-17)29-21(25)11-9-18(24)16-8-10-19-20(14-16)28-13-12-27-19/h3-8,10,14-15H,9,11-13H2,1-2H3/t15-/m0/s1. The van der Waals surface area contributed by atoms with Gasteiger partial charge in [-0.3, -0.25) is 14.4 Å². The summed E-state index contributed by atoms with van der Waals surface area (Å²) in [6, 6.07) is 14.0. The number of likely N-dealkylation sites (N-methyl/N-ethyl adjacent to an activating group) is 1. The highest BCUT2D eigenvalue weighted by Crippen LogP contribution is 2.31. The minimum atomic E-state index is -0.947. The number of carbonyl (C=O) groups excluding carboxylic acids is 3. The third-order valence-electron chi connectivity index (χ3n) is 4.55. The first kappa shape index (κ1) is 20.4. The highest BCUT2D eigenvalue weighted by atomic mass is 16.6. The minimum absolute atomic E-state index is 0.0199. The van der Waals surface area contributed by atoms with Crippen molar-refractivity contribution in [1.82, 2.24) is 0 Å². The molecule has 0 N–H and O–H groups in total. The molecular formula is C22H23NO6. The third kappa shape index (κ3) is 5.13. The summed E-state index contributed by atoms with van der Waals surface area (Å²) in [5.41, 5.74) is 1.14. The number of anilines is 1. The van der Waals surface area contributed by atoms with Crippen LogP contribution in [0.2, 0.25) is 0 Å². The van der Waals surface area contributed by atoms with Gasteiger partial charge in [0, 0.05) is 24.7 Å². The van der Waals surface area contributed by atoms with Crippen molar-refractivity contribution >= 4 is 23.3 Å². The Morgan fingerprint density at radius 1 is 1.00 bits per heavy atom. The molecule has 0 aromatic heterocycles. The SMILES string of the molecule is C[C@H](OC(=O)CCC(=O)c1ccc2c(c1)OCCO2)C(=O)N(C)c1ccccc1. The second-order valence-electron chi connectivity index (χ2n) is 6.65. The molecule has 7 heteroatoms. The van der Waals surface area contributed by atoms with Gasteiger partial charge in [0.1, 0.15) is 13.2 Å². The molecule has 0 saturated carbocycles. The molecule has 2 aromatic rings. The van der Waals surface area contributed by atoms with Gasteiger partial charge in [-0.25, -0.2) is 0 Å². The van der Waals surface area contributed by atoms with Gasteiger partial charge in [0.15, 0.2) is 23.4 Å². The van der Waals surface area contributed by atoms with Crippen LogP contribution < -0.4 is 14.4 Å². The summed E-state index contributed by atoms with van der Waals surface area (Å²) in [6.45, 7) is 2.42. The molecule has 152 valence electrons. The molecule has 0 spiro atoms. The lowest BCUT2D eigenvalue weighted by atomic mass is 10.1. The number of para-hydroxylation sites is 1. The number of amides is 1. The summed E-state index contributed by atoms with van der Waals surface area (Å²) in [7, 11) is 1.62. The second kappa shape index (κ2) is 9.23. The van der Waals surface area contributed by atoms with Crippen molar-refractivity contribution in [2.75, 3.05) is 25.2 Å². The number of benzene rings is 2. The molecule has 0 aliphatic carbocycles. The monoisotopic (exact) mass is 397 g/mol. The van der Waals surface area contributed by atoms with Crippen LogP contribution >= 0.6 is 0 Å². The largest absolute Gasteiger partial charge is 0.486 e. The van der Waals surface area contributed by atoms with Crippen LogP contribution in [0.15, 0.2) is 48.5 Å². The lowest BCUT2D eigenvalue weighted by Crippen LogP contribution is -2.37. The molecule has 29 heavy (non-hydrogen) atoms. The first-order valence-electron chi connectivity index (χ1n) is 9.40. The zero-order chi connectivity index (χ0) is 20.8. The van der Waals surface area contributed by atoms with E-state index in [1.807, 2.05) is 18.2 Å². The summed E-state index contributed by atoms with van der Waals surface area (Å²) >= 11 is 0. The number of ether oxygens (including phenoxy) is 3. The zero-order valence-corrected chi connectivity index (χ0v) is 16.4. The first-order chi connectivity index (χ1) is 14.0. The van der Waals surface area contributed by atoms with E-state index in [1.54, 1.807) is 37.4 Å². The second-order valence-corrected chi connectivity index (χ2v) is 6.65. The van der Waals surface area contributed by atoms with E-state index in [1.165, 1.54) is 11.8 Å². The van der Waals surface area contributed by atoms with Gasteiger partial charge in [0.05, 0.1) is 6.42 Å². The maximum absolute atomic E-state index is 12.4. The van der Waals surface area contributed by atoms with Crippen molar-refractivity contribution in [2.24, 2.45) is 0 Å². The number of carbonyl (C=O) groups is 3. The Labute approximate surface area is 169 Å². The zero-order valence-electron chi connectivity index (χ0n) is 16.4. The summed E-state index contributed by atoms with van der Waals surface area (Å²) in [6.07, 6.45) is -1.08. The Hall–Kier alpha value is -3.35. The number of hydrogen-bond donors (Lipinski definition) is 0. The molecule has 0 bridgehead atoms. The topological polar surface area (TPSA) is 82.1 Å². The first-order valence-corrected chi connectivity index (χ1v) is 9.40. The van der Waals surface area contributed by atoms with Crippen molar-refractivity contribution in [3.63, 3.8) is 0 Å². The number of nitrogens with zero attached hydrogens (tertiary/aromatic N) is 1. The fourth-order valence-electron chi connectivity index (χ4n) is 2.93. The van der Waals surface area contributed by atoms with Gasteiger partial charge in [0.25, 0.3) is 5.91 Å². The van der Waals surface area contributed by atoms with E-state index in [2.05, 4.69) is 0 Å². The fourth-order valence-corrected chi connectivity index (χ4v) is 2.93. The van der Waals surface area contributed by atoms with E-state index >= 15 is 0 Å². The molecule has 0 radical (unpaired) electrons. The van der Waals surface area contributed by atoms with Crippen LogP contribution in [0.3, 0.4) is 0 Å². The van der Waals surface area contributed by atoms with Crippen LogP contribution in [0.25, 0.3) is 0 Å². The molecular weight excluding hydrogens is 374 g/mol. The quantitative estimate of drug-likeness (QED) is 0.528. The van der Waals surface area contributed by atoms with E-state index < -0.39 is 12.1 Å². The van der Waals surface area contributed by atoms with Crippen LogP contribution in [0.4, 0.5) is 5.69 Å². The predicted molar refractivity (Wildman–Crippen MR) is 106 cm³/mol. The summed E-state index contributed by atoms with van der Waals surface area (Å²) < 4.78 is 16.1. The van der Waals surface area contributed by atoms with Crippen molar-refractivity contribution in [2.45, 2.75) is 25.9 Å². The van der Waals surface area contributed by atoms with Gasteiger partial charge in [-0.2, -0.15) is 0 Å². The van der Waals surface area contributed by atoms with E-state index in [9.17, 15) is 14.4 Å². The Kier molecular flexibility index (Phi) is 6.49. The van der Waals surface area contributed by atoms with Gasteiger partial charge >= 0.3 is 5.97 Å². The van der Waals surface area contributed by atoms with Crippen LogP contribution in [0, 0.1) is 0 Å². The van der Waals surface area contributed by atoms with E-state index in [4.69, 9.17) is 14.2 Å². The minimum Gasteiger partial charge on any atom is -0.486 e. The van der Waals surface area contributed by atoms with E-state index in [-0.39, 0.29) is 24.5 Å². The van der Waals surface area contributed by atoms with Gasteiger partial charge < -0.3 is 19.1 Å². The van der Waals surface area contributed by atoms with Crippen molar-refractivity contribution in [3.8, 4) is 11.5 Å². The Morgan fingerprint density at radius 2 is 1.69 bits per heavy atom. The van der Waals surface area contributed by atoms with Gasteiger partial charge in [0.2, 0.25) is 0 Å². The maximum atomic E-state index is 12.4. The molecule has 0 unspecified atom stereocenters. The molecule has 1 heterocycles. The summed E-state index contributed by atoms with van der Waals surface area (Å²) in [4.78, 5) is 38.3. The fraction of sp³-hybridized carbons (Fsp3) is 0.318. The molecule has 7 nitrogen and oxygen atoms in total. The van der Waals surface area contributed by atoms with Crippen LogP contribution in [-0.2, 0) is 14.3 Å². The Bertz CT molecular complexity index is 895. The third-order valence-corrected chi connectivity index (χ3v) is 4.55. The molecule has 1 aliphatic rings. The maximum Gasteiger partial charge on any atom is 0.307 e. The van der Waals surface area contributed by atoms with Crippen LogP contribution in [0.1, 0.15) is 30.1 Å². The Balaban J connectivity index is 1.50. The number of fused-ring (bicyclic) bond motifs is 1. The number of esters is 1. The summed E-state index contributed by atoms with van der Waals surface area (Å²) in [5.74, 6) is -0.0323. The molecule has 1 aliphatic heterocycles. The average Bonchev–Trinajstić information content (AvgIpc) is 2.76. The van der Waals surface area contributed by atoms with Crippen LogP contribution in [0.5, 0.6) is 11.5 Å². The highest BCUT2D eigenvalue weighted by molar-refractivity contribution is 5.99. The number of ketones is 1. The van der Waals surface area contributed by atoms with Gasteiger partial charge in [-0.15, -0.1) is 0 Å². The molecule has 0 fully saturated rings. The Morgan fingerprint density at radius 3 is 2.41 bits per heavy atom. The normalized spacial score (nSPS) is 13.3. The summed E-state index contributed by atoms with van der Waals surface area (Å²) in [5, 5.41) is 0. The van der Waals surface area contributed by atoms with Gasteiger partial charge in [-0.1, -0.05) is 18.2 Å². The number of Topliss-reactive ketones (excluding diaryl/α,β-unsaturated/α-hetero) is 1. The number of rotatable bonds is 7. The van der Waals surface area contributed by atoms with E-state index in [0.29, 0.717) is 36.0 Å². The smallest absolute Gasteiger partial charge is 0.307 e.